The summed E-state index contributed by atoms with van der Waals surface area (Å²) in [6.45, 7) is 0. The van der Waals surface area contributed by atoms with Crippen LogP contribution < -0.4 is 0 Å². The number of rotatable bonds is 2. The minimum atomic E-state index is -3.11. The standard InChI is InChI=1S/H3NO5S2/c2-1(7(3)4)8(5)6/h2H,(H,3,4)(H,5,6)/p-2. The zero-order valence-electron chi connectivity index (χ0n) is 3.34. The van der Waals surface area contributed by atoms with Gasteiger partial charge in [-0.15, -0.1) is 0 Å². The van der Waals surface area contributed by atoms with Gasteiger partial charge in [-0.3, -0.25) is 13.6 Å². The van der Waals surface area contributed by atoms with Crippen molar-refractivity contribution in [3.05, 3.63) is 0 Å². The lowest BCUT2D eigenvalue weighted by Gasteiger charge is -2.17. The fourth-order valence-corrected chi connectivity index (χ4v) is 0.447. The minimum absolute atomic E-state index is 0.833. The summed E-state index contributed by atoms with van der Waals surface area (Å²) < 4.78 is 36.9. The van der Waals surface area contributed by atoms with Crippen molar-refractivity contribution in [1.29, 1.82) is 0 Å². The molecule has 0 aliphatic rings. The maximum Gasteiger partial charge on any atom is 0.0589 e. The van der Waals surface area contributed by atoms with Gasteiger partial charge in [0.1, 0.15) is 0 Å². The minimum Gasteiger partial charge on any atom is -0.757 e. The molecule has 0 aromatic carbocycles. The Morgan fingerprint density at radius 2 is 1.50 bits per heavy atom. The monoisotopic (exact) mass is 159 g/mol. The van der Waals surface area contributed by atoms with Crippen molar-refractivity contribution in [1.82, 2.24) is 3.87 Å². The molecule has 0 spiro atoms. The maximum atomic E-state index is 9.42. The molecule has 0 aliphatic carbocycles. The zero-order valence-corrected chi connectivity index (χ0v) is 4.98. The highest BCUT2D eigenvalue weighted by molar-refractivity contribution is 7.91. The molecule has 0 rings (SSSR count). The molecule has 0 amide bonds. The summed E-state index contributed by atoms with van der Waals surface area (Å²) in [5.41, 5.74) is 0. The molecule has 0 saturated heterocycles. The van der Waals surface area contributed by atoms with Gasteiger partial charge in [0.05, 0.1) is 22.5 Å². The van der Waals surface area contributed by atoms with Crippen molar-refractivity contribution in [2.75, 3.05) is 0 Å². The molecule has 0 aromatic rings. The van der Waals surface area contributed by atoms with Crippen LogP contribution in [0.25, 0.3) is 0 Å². The Morgan fingerprint density at radius 1 is 1.25 bits per heavy atom. The predicted octanol–water partition coefficient (Wildman–Crippen LogP) is -1.73. The van der Waals surface area contributed by atoms with Crippen LogP contribution in [0.4, 0.5) is 0 Å². The molecule has 0 aliphatic heterocycles. The third kappa shape index (κ3) is 2.45. The van der Waals surface area contributed by atoms with Crippen LogP contribution in [0.15, 0.2) is 0 Å². The first-order valence-electron chi connectivity index (χ1n) is 1.23. The molecular formula is HNO5S2-2. The summed E-state index contributed by atoms with van der Waals surface area (Å²) in [6, 6.07) is 0. The van der Waals surface area contributed by atoms with Gasteiger partial charge in [0.2, 0.25) is 0 Å². The number of hydrogen-bond donors (Lipinski definition) is 1. The fourth-order valence-electron chi connectivity index (χ4n) is 0.0497. The van der Waals surface area contributed by atoms with Crippen molar-refractivity contribution in [2.24, 2.45) is 0 Å². The first-order chi connectivity index (χ1) is 3.55. The summed E-state index contributed by atoms with van der Waals surface area (Å²) in [5, 5.41) is 7.81. The predicted molar refractivity (Wildman–Crippen MR) is 21.5 cm³/mol. The normalized spacial score (nSPS) is 18.5. The van der Waals surface area contributed by atoms with E-state index >= 15 is 0 Å². The van der Waals surface area contributed by atoms with E-state index in [0.29, 0.717) is 0 Å². The molecule has 8 heavy (non-hydrogen) atoms. The van der Waals surface area contributed by atoms with Crippen LogP contribution in [0.5, 0.6) is 0 Å². The molecule has 0 radical (unpaired) electrons. The summed E-state index contributed by atoms with van der Waals surface area (Å²) in [5.74, 6) is 0. The van der Waals surface area contributed by atoms with Crippen molar-refractivity contribution in [2.45, 2.75) is 0 Å². The number of nitrogens with zero attached hydrogens (tertiary/aromatic N) is 1. The summed E-state index contributed by atoms with van der Waals surface area (Å²) >= 11 is -6.23. The van der Waals surface area contributed by atoms with Crippen LogP contribution in [-0.2, 0) is 22.5 Å². The van der Waals surface area contributed by atoms with Crippen molar-refractivity contribution in [3.8, 4) is 0 Å². The highest BCUT2D eigenvalue weighted by atomic mass is 32.3. The highest BCUT2D eigenvalue weighted by Gasteiger charge is 1.95. The summed E-state index contributed by atoms with van der Waals surface area (Å²) in [6.07, 6.45) is 0. The average Bonchev–Trinajstić information content (AvgIpc) is 1.64. The van der Waals surface area contributed by atoms with Gasteiger partial charge in [-0.05, 0) is 3.87 Å². The van der Waals surface area contributed by atoms with E-state index in [4.69, 9.17) is 5.21 Å². The van der Waals surface area contributed by atoms with E-state index in [1.165, 1.54) is 0 Å². The molecule has 0 aromatic heterocycles. The van der Waals surface area contributed by atoms with Gasteiger partial charge in [0.15, 0.2) is 0 Å². The van der Waals surface area contributed by atoms with Crippen LogP contribution in [-0.4, -0.2) is 26.6 Å². The van der Waals surface area contributed by atoms with Crippen molar-refractivity contribution < 1.29 is 22.7 Å². The van der Waals surface area contributed by atoms with Gasteiger partial charge in [0, 0.05) is 0 Å². The van der Waals surface area contributed by atoms with Gasteiger partial charge in [-0.1, -0.05) is 0 Å². The molecule has 6 nitrogen and oxygen atoms in total. The second kappa shape index (κ2) is 3.22. The molecular weight excluding hydrogens is 158 g/mol. The first kappa shape index (κ1) is 8.14. The Morgan fingerprint density at radius 3 is 1.50 bits per heavy atom. The van der Waals surface area contributed by atoms with Gasteiger partial charge in [-0.2, -0.15) is 0 Å². The Labute approximate surface area is 49.9 Å². The van der Waals surface area contributed by atoms with Gasteiger partial charge < -0.3 is 9.11 Å². The van der Waals surface area contributed by atoms with Crippen LogP contribution in [0.1, 0.15) is 0 Å². The SMILES string of the molecule is O=S([O-])N(O)S(=O)[O-]. The van der Waals surface area contributed by atoms with E-state index < -0.39 is 26.4 Å². The van der Waals surface area contributed by atoms with E-state index in [1.54, 1.807) is 0 Å². The highest BCUT2D eigenvalue weighted by Crippen LogP contribution is 1.86. The Balaban J connectivity index is 3.83. The molecule has 0 heterocycles. The van der Waals surface area contributed by atoms with E-state index in [2.05, 4.69) is 0 Å². The molecule has 0 bridgehead atoms. The topological polar surface area (TPSA) is 104 Å². The molecule has 8 heteroatoms. The largest absolute Gasteiger partial charge is 0.757 e. The average molecular weight is 159 g/mol. The van der Waals surface area contributed by atoms with Crippen LogP contribution >= 0.6 is 0 Å². The third-order valence-corrected chi connectivity index (χ3v) is 1.50. The van der Waals surface area contributed by atoms with E-state index in [9.17, 15) is 17.5 Å². The first-order valence-corrected chi connectivity index (χ1v) is 3.30. The van der Waals surface area contributed by atoms with Gasteiger partial charge in [-0.25, -0.2) is 0 Å². The maximum absolute atomic E-state index is 9.42. The van der Waals surface area contributed by atoms with Crippen molar-refractivity contribution >= 4 is 22.5 Å². The molecule has 2 atom stereocenters. The Kier molecular flexibility index (Phi) is 3.28. The second-order valence-corrected chi connectivity index (χ2v) is 2.46. The fraction of sp³-hybridized carbons (Fsp3) is 0. The lowest BCUT2D eigenvalue weighted by molar-refractivity contribution is 0.0882. The lowest BCUT2D eigenvalue weighted by Crippen LogP contribution is -2.23. The van der Waals surface area contributed by atoms with Crippen molar-refractivity contribution in [3.63, 3.8) is 0 Å². The zero-order chi connectivity index (χ0) is 6.73. The summed E-state index contributed by atoms with van der Waals surface area (Å²) in [7, 11) is 0. The Bertz CT molecular complexity index is 106. The quantitative estimate of drug-likeness (QED) is 0.380. The van der Waals surface area contributed by atoms with E-state index in [1.807, 2.05) is 0 Å². The van der Waals surface area contributed by atoms with Crippen LogP contribution in [0.2, 0.25) is 0 Å². The van der Waals surface area contributed by atoms with E-state index in [-0.39, 0.29) is 0 Å². The second-order valence-electron chi connectivity index (χ2n) is 0.672. The molecule has 1 N–H and O–H groups in total. The molecule has 50 valence electrons. The lowest BCUT2D eigenvalue weighted by atomic mass is 13.5. The molecule has 2 unspecified atom stereocenters. The third-order valence-electron chi connectivity index (χ3n) is 0.255. The Hall–Kier alpha value is 0.140. The molecule has 0 saturated carbocycles. The van der Waals surface area contributed by atoms with Crippen LogP contribution in [0, 0.1) is 0 Å². The molecule has 0 fully saturated rings. The van der Waals surface area contributed by atoms with Gasteiger partial charge >= 0.3 is 0 Å². The smallest absolute Gasteiger partial charge is 0.0589 e. The van der Waals surface area contributed by atoms with Crippen LogP contribution in [0.3, 0.4) is 0 Å². The van der Waals surface area contributed by atoms with E-state index in [0.717, 1.165) is 0 Å². The van der Waals surface area contributed by atoms with Gasteiger partial charge in [0.25, 0.3) is 0 Å². The number of hydrogen-bond acceptors (Lipinski definition) is 5. The summed E-state index contributed by atoms with van der Waals surface area (Å²) in [4.78, 5) is 0.